The van der Waals surface area contributed by atoms with Crippen LogP contribution in [0.3, 0.4) is 0 Å². The zero-order valence-electron chi connectivity index (χ0n) is 10.3. The van der Waals surface area contributed by atoms with Crippen molar-refractivity contribution in [2.75, 3.05) is 0 Å². The molecule has 6 heteroatoms. The molecule has 19 heavy (non-hydrogen) atoms. The Bertz CT molecular complexity index is 968. The molecule has 2 aromatic heterocycles. The summed E-state index contributed by atoms with van der Waals surface area (Å²) in [7, 11) is 0. The van der Waals surface area contributed by atoms with E-state index in [9.17, 15) is 9.59 Å². The summed E-state index contributed by atoms with van der Waals surface area (Å²) >= 11 is 0. The molecule has 94 valence electrons. The van der Waals surface area contributed by atoms with Crippen LogP contribution in [-0.4, -0.2) is 14.5 Å². The van der Waals surface area contributed by atoms with E-state index in [1.54, 1.807) is 4.57 Å². The molecule has 3 heterocycles. The lowest BCUT2D eigenvalue weighted by molar-refractivity contribution is -0.637. The normalized spacial score (nSPS) is 13.5. The molecule has 0 bridgehead atoms. The van der Waals surface area contributed by atoms with E-state index in [2.05, 4.69) is 9.97 Å². The van der Waals surface area contributed by atoms with E-state index < -0.39 is 5.56 Å². The second-order valence-corrected chi connectivity index (χ2v) is 4.84. The minimum atomic E-state index is -0.421. The van der Waals surface area contributed by atoms with Crippen LogP contribution in [0.2, 0.25) is 0 Å². The van der Waals surface area contributed by atoms with Gasteiger partial charge >= 0.3 is 11.3 Å². The first-order valence-electron chi connectivity index (χ1n) is 6.12. The summed E-state index contributed by atoms with van der Waals surface area (Å²) in [6.07, 6.45) is 0. The predicted octanol–water partition coefficient (Wildman–Crippen LogP) is -0.152. The summed E-state index contributed by atoms with van der Waals surface area (Å²) in [6.45, 7) is 3.24. The lowest BCUT2D eigenvalue weighted by Gasteiger charge is -2.02. The molecule has 3 aromatic rings. The molecule has 1 aliphatic rings. The van der Waals surface area contributed by atoms with Crippen molar-refractivity contribution in [2.24, 2.45) is 0 Å². The topological polar surface area (TPSA) is 71.6 Å². The number of rotatable bonds is 0. The number of hydrogen-bond donors (Lipinski definition) is 1. The maximum absolute atomic E-state index is 11.9. The van der Waals surface area contributed by atoms with Crippen LogP contribution in [0.4, 0.5) is 0 Å². The molecule has 0 atom stereocenters. The van der Waals surface area contributed by atoms with Gasteiger partial charge in [-0.05, 0) is 24.6 Å². The molecular formula is C13H11N4O2+. The number of aromatic amines is 1. The van der Waals surface area contributed by atoms with Gasteiger partial charge in [0.15, 0.2) is 5.52 Å². The molecule has 0 fully saturated rings. The van der Waals surface area contributed by atoms with Crippen LogP contribution in [0, 0.1) is 6.92 Å². The lowest BCUT2D eigenvalue weighted by Crippen LogP contribution is -2.36. The number of fused-ring (bicyclic) bond motifs is 2. The summed E-state index contributed by atoms with van der Waals surface area (Å²) in [4.78, 5) is 30.4. The van der Waals surface area contributed by atoms with Crippen molar-refractivity contribution in [3.8, 4) is 0 Å². The van der Waals surface area contributed by atoms with Crippen molar-refractivity contribution in [3.05, 3.63) is 44.6 Å². The molecule has 1 aliphatic heterocycles. The highest BCUT2D eigenvalue weighted by molar-refractivity contribution is 5.79. The predicted molar refractivity (Wildman–Crippen MR) is 69.1 cm³/mol. The number of nitrogens with one attached hydrogen (secondary N) is 1. The van der Waals surface area contributed by atoms with Gasteiger partial charge in [0.1, 0.15) is 18.6 Å². The number of benzene rings is 1. The van der Waals surface area contributed by atoms with Crippen molar-refractivity contribution in [1.82, 2.24) is 14.5 Å². The molecule has 0 saturated heterocycles. The van der Waals surface area contributed by atoms with Crippen LogP contribution in [-0.2, 0) is 13.1 Å². The molecule has 0 spiro atoms. The van der Waals surface area contributed by atoms with Crippen LogP contribution in [0.15, 0.2) is 27.8 Å². The molecule has 0 aliphatic carbocycles. The Morgan fingerprint density at radius 2 is 2.21 bits per heavy atom. The van der Waals surface area contributed by atoms with Crippen molar-refractivity contribution in [1.29, 1.82) is 0 Å². The Morgan fingerprint density at radius 1 is 1.37 bits per heavy atom. The molecule has 0 amide bonds. The minimum absolute atomic E-state index is 0.329. The second-order valence-electron chi connectivity index (χ2n) is 4.84. The van der Waals surface area contributed by atoms with Gasteiger partial charge in [0.05, 0.1) is 0 Å². The lowest BCUT2D eigenvalue weighted by atomic mass is 10.2. The second kappa shape index (κ2) is 3.28. The molecule has 0 unspecified atom stereocenters. The number of hydrogen-bond acceptors (Lipinski definition) is 3. The average Bonchev–Trinajstić information content (AvgIpc) is 2.81. The summed E-state index contributed by atoms with van der Waals surface area (Å²) in [5.41, 5.74) is 2.99. The quantitative estimate of drug-likeness (QED) is 0.448. The van der Waals surface area contributed by atoms with Crippen LogP contribution in [0.5, 0.6) is 0 Å². The Morgan fingerprint density at radius 3 is 3.05 bits per heavy atom. The molecule has 1 aromatic carbocycles. The Balaban J connectivity index is 2.36. The van der Waals surface area contributed by atoms with Crippen LogP contribution in [0.25, 0.3) is 22.2 Å². The van der Waals surface area contributed by atoms with Gasteiger partial charge in [0.25, 0.3) is 5.56 Å². The number of H-pyrrole nitrogens is 1. The fraction of sp³-hybridized carbons (Fsp3) is 0.231. The van der Waals surface area contributed by atoms with E-state index in [1.807, 2.05) is 29.7 Å². The van der Waals surface area contributed by atoms with E-state index in [1.165, 1.54) is 0 Å². The molecule has 0 saturated carbocycles. The fourth-order valence-electron chi connectivity index (χ4n) is 2.74. The molecule has 1 N–H and O–H groups in total. The molecular weight excluding hydrogens is 244 g/mol. The summed E-state index contributed by atoms with van der Waals surface area (Å²) in [6, 6.07) is 5.94. The van der Waals surface area contributed by atoms with Gasteiger partial charge in [-0.2, -0.15) is 4.57 Å². The first-order valence-corrected chi connectivity index (χ1v) is 6.12. The highest BCUT2D eigenvalue weighted by Gasteiger charge is 2.28. The first-order chi connectivity index (χ1) is 9.15. The highest BCUT2D eigenvalue weighted by atomic mass is 16.2. The maximum atomic E-state index is 11.9. The van der Waals surface area contributed by atoms with Gasteiger partial charge in [-0.1, -0.05) is 6.07 Å². The monoisotopic (exact) mass is 255 g/mol. The zero-order valence-corrected chi connectivity index (χ0v) is 10.3. The number of aryl methyl sites for hydroxylation is 3. The third-order valence-electron chi connectivity index (χ3n) is 3.61. The highest BCUT2D eigenvalue weighted by Crippen LogP contribution is 2.15. The maximum Gasteiger partial charge on any atom is 0.416 e. The first kappa shape index (κ1) is 10.4. The van der Waals surface area contributed by atoms with E-state index >= 15 is 0 Å². The van der Waals surface area contributed by atoms with Gasteiger partial charge in [-0.25, -0.2) is 14.3 Å². The van der Waals surface area contributed by atoms with Crippen molar-refractivity contribution < 1.29 is 4.57 Å². The number of aromatic nitrogens is 4. The van der Waals surface area contributed by atoms with Crippen molar-refractivity contribution >= 4 is 22.2 Å². The molecule has 4 rings (SSSR count). The number of nitrogens with zero attached hydrogens (tertiary/aromatic N) is 3. The summed E-state index contributed by atoms with van der Waals surface area (Å²) < 4.78 is 3.57. The Kier molecular flexibility index (Phi) is 1.80. The van der Waals surface area contributed by atoms with Gasteiger partial charge in [0, 0.05) is 0 Å². The standard InChI is InChI=1S/C13H10N4O2/c1-7-2-3-9-8(6-7)14-10-11(18)15-13(19)17-5-4-16(9)12(10)17/h2-3,6H,4-5H2,1H3/p+1. The van der Waals surface area contributed by atoms with Crippen LogP contribution < -0.4 is 15.8 Å². The molecule has 6 nitrogen and oxygen atoms in total. The fourth-order valence-corrected chi connectivity index (χ4v) is 2.74. The Hall–Kier alpha value is -2.50. The van der Waals surface area contributed by atoms with Gasteiger partial charge in [0.2, 0.25) is 5.52 Å². The van der Waals surface area contributed by atoms with Gasteiger partial charge < -0.3 is 0 Å². The van der Waals surface area contributed by atoms with E-state index in [0.29, 0.717) is 24.3 Å². The van der Waals surface area contributed by atoms with Gasteiger partial charge in [-0.15, -0.1) is 0 Å². The SMILES string of the molecule is Cc1ccc2c(c1)nc1c(=O)[nH]c(=O)n3c1[n+]2CC3. The third kappa shape index (κ3) is 1.25. The van der Waals surface area contributed by atoms with Crippen LogP contribution in [0.1, 0.15) is 5.56 Å². The molecule has 0 radical (unpaired) electrons. The van der Waals surface area contributed by atoms with Crippen molar-refractivity contribution in [2.45, 2.75) is 20.0 Å². The van der Waals surface area contributed by atoms with Crippen LogP contribution >= 0.6 is 0 Å². The minimum Gasteiger partial charge on any atom is -0.267 e. The average molecular weight is 255 g/mol. The van der Waals surface area contributed by atoms with Gasteiger partial charge in [-0.3, -0.25) is 9.78 Å². The van der Waals surface area contributed by atoms with E-state index in [-0.39, 0.29) is 5.69 Å². The van der Waals surface area contributed by atoms with E-state index in [4.69, 9.17) is 0 Å². The smallest absolute Gasteiger partial charge is 0.267 e. The van der Waals surface area contributed by atoms with Crippen molar-refractivity contribution in [3.63, 3.8) is 0 Å². The summed E-state index contributed by atoms with van der Waals surface area (Å²) in [5, 5.41) is 0. The Labute approximate surface area is 107 Å². The zero-order chi connectivity index (χ0) is 13.1. The van der Waals surface area contributed by atoms with E-state index in [0.717, 1.165) is 16.6 Å². The largest absolute Gasteiger partial charge is 0.416 e. The third-order valence-corrected chi connectivity index (χ3v) is 3.61. The summed E-state index contributed by atoms with van der Waals surface area (Å²) in [5.74, 6) is 0.